The highest BCUT2D eigenvalue weighted by Crippen LogP contribution is 2.38. The number of hydrogen-bond acceptors (Lipinski definition) is 5. The number of nitrogens with zero attached hydrogens (tertiary/aromatic N) is 1. The zero-order chi connectivity index (χ0) is 34.7. The average Bonchev–Trinajstić information content (AvgIpc) is 3.44. The number of rotatable bonds is 10. The second-order valence-corrected chi connectivity index (χ2v) is 14.5. The Kier molecular flexibility index (Phi) is 10.0. The molecule has 252 valence electrons. The van der Waals surface area contributed by atoms with Crippen LogP contribution in [0.4, 0.5) is 18.9 Å². The van der Waals surface area contributed by atoms with Crippen LogP contribution in [0.15, 0.2) is 102 Å². The molecule has 0 unspecified atom stereocenters. The number of amides is 1. The first kappa shape index (κ1) is 34.7. The lowest BCUT2D eigenvalue weighted by Gasteiger charge is -2.26. The Balaban J connectivity index is 1.25. The summed E-state index contributed by atoms with van der Waals surface area (Å²) in [5, 5.41) is 2.89. The molecule has 0 radical (unpaired) electrons. The maximum atomic E-state index is 14.0. The maximum Gasteiger partial charge on any atom is 0.416 e. The molecule has 1 amide bonds. The first-order valence-corrected chi connectivity index (χ1v) is 17.0. The summed E-state index contributed by atoms with van der Waals surface area (Å²) in [4.78, 5) is 25.4. The number of hydrogen-bond donors (Lipinski definition) is 1. The standard InChI is InChI=1S/C37H37F3N2O5S/c1-36(2,3)47-34(43)20-15-25-11-13-26(14-12-25)21-22-41-35(44)33-24-29-7-4-5-10-32(29)42(33)48(45,46)31-18-16-27(17-19-31)28-8-6-9-30(23-28)37(38,39)40/h4-14,16-19,23,33H,15,20-22,24H2,1-3H3,(H,41,44)/t33-/m0/s1. The van der Waals surface area contributed by atoms with Gasteiger partial charge in [-0.15, -0.1) is 0 Å². The van der Waals surface area contributed by atoms with Crippen LogP contribution < -0.4 is 9.62 Å². The predicted molar refractivity (Wildman–Crippen MR) is 178 cm³/mol. The van der Waals surface area contributed by atoms with Gasteiger partial charge in [0.1, 0.15) is 11.6 Å². The van der Waals surface area contributed by atoms with E-state index in [0.29, 0.717) is 35.2 Å². The molecule has 1 heterocycles. The van der Waals surface area contributed by atoms with Gasteiger partial charge in [0.2, 0.25) is 5.91 Å². The van der Waals surface area contributed by atoms with Gasteiger partial charge in [-0.2, -0.15) is 13.2 Å². The van der Waals surface area contributed by atoms with E-state index in [0.717, 1.165) is 27.6 Å². The number of carbonyl (C=O) groups excluding carboxylic acids is 2. The van der Waals surface area contributed by atoms with Crippen molar-refractivity contribution < 1.29 is 35.9 Å². The van der Waals surface area contributed by atoms with Gasteiger partial charge in [0.15, 0.2) is 0 Å². The Morgan fingerprint density at radius 2 is 1.48 bits per heavy atom. The third kappa shape index (κ3) is 8.25. The first-order chi connectivity index (χ1) is 22.6. The third-order valence-electron chi connectivity index (χ3n) is 7.94. The lowest BCUT2D eigenvalue weighted by Crippen LogP contribution is -2.48. The number of sulfonamides is 1. The number of esters is 1. The van der Waals surface area contributed by atoms with Crippen LogP contribution in [0.25, 0.3) is 11.1 Å². The molecule has 1 aliphatic heterocycles. The van der Waals surface area contributed by atoms with Crippen LogP contribution in [-0.2, 0) is 49.8 Å². The highest BCUT2D eigenvalue weighted by molar-refractivity contribution is 7.93. The van der Waals surface area contributed by atoms with Gasteiger partial charge in [-0.05, 0) is 91.8 Å². The minimum atomic E-state index is -4.51. The van der Waals surface area contributed by atoms with Crippen LogP contribution in [0, 0.1) is 0 Å². The average molecular weight is 679 g/mol. The summed E-state index contributed by atoms with van der Waals surface area (Å²) >= 11 is 0. The lowest BCUT2D eigenvalue weighted by molar-refractivity contribution is -0.154. The van der Waals surface area contributed by atoms with Crippen molar-refractivity contribution in [3.63, 3.8) is 0 Å². The number of anilines is 1. The summed E-state index contributed by atoms with van der Waals surface area (Å²) in [5.74, 6) is -0.698. The van der Waals surface area contributed by atoms with E-state index in [2.05, 4.69) is 5.32 Å². The molecule has 0 aliphatic carbocycles. The van der Waals surface area contributed by atoms with Gasteiger partial charge in [0, 0.05) is 19.4 Å². The Morgan fingerprint density at radius 1 is 0.833 bits per heavy atom. The molecule has 0 bridgehead atoms. The van der Waals surface area contributed by atoms with Crippen molar-refractivity contribution in [2.75, 3.05) is 10.8 Å². The Morgan fingerprint density at radius 3 is 2.12 bits per heavy atom. The fourth-order valence-electron chi connectivity index (χ4n) is 5.62. The van der Waals surface area contributed by atoms with Crippen molar-refractivity contribution in [1.29, 1.82) is 0 Å². The number of nitrogens with one attached hydrogen (secondary N) is 1. The predicted octanol–water partition coefficient (Wildman–Crippen LogP) is 7.13. The molecule has 1 atom stereocenters. The Bertz CT molecular complexity index is 1880. The molecule has 48 heavy (non-hydrogen) atoms. The van der Waals surface area contributed by atoms with Crippen LogP contribution in [0.2, 0.25) is 0 Å². The molecule has 0 fully saturated rings. The summed E-state index contributed by atoms with van der Waals surface area (Å²) in [6.07, 6.45) is -2.98. The van der Waals surface area contributed by atoms with Crippen LogP contribution in [0.5, 0.6) is 0 Å². The number of aryl methyl sites for hydroxylation is 1. The van der Waals surface area contributed by atoms with Crippen molar-refractivity contribution in [1.82, 2.24) is 5.32 Å². The molecule has 0 saturated heterocycles. The van der Waals surface area contributed by atoms with E-state index in [-0.39, 0.29) is 30.3 Å². The SMILES string of the molecule is CC(C)(C)OC(=O)CCc1ccc(CCNC(=O)[C@@H]2Cc3ccccc3N2S(=O)(=O)c2ccc(-c3cccc(C(F)(F)F)c3)cc2)cc1. The van der Waals surface area contributed by atoms with Crippen LogP contribution in [-0.4, -0.2) is 38.5 Å². The Labute approximate surface area is 278 Å². The van der Waals surface area contributed by atoms with Crippen molar-refractivity contribution >= 4 is 27.6 Å². The van der Waals surface area contributed by atoms with Gasteiger partial charge in [0.05, 0.1) is 16.1 Å². The molecule has 0 spiro atoms. The van der Waals surface area contributed by atoms with E-state index in [1.54, 1.807) is 24.3 Å². The van der Waals surface area contributed by atoms with E-state index in [9.17, 15) is 31.2 Å². The van der Waals surface area contributed by atoms with Gasteiger partial charge >= 0.3 is 12.1 Å². The van der Waals surface area contributed by atoms with E-state index in [1.807, 2.05) is 45.0 Å². The number of alkyl halides is 3. The van der Waals surface area contributed by atoms with E-state index in [1.165, 1.54) is 36.4 Å². The molecule has 4 aromatic rings. The van der Waals surface area contributed by atoms with E-state index in [4.69, 9.17) is 4.74 Å². The van der Waals surface area contributed by atoms with Crippen LogP contribution in [0.1, 0.15) is 49.4 Å². The molecule has 0 aromatic heterocycles. The molecular weight excluding hydrogens is 641 g/mol. The monoisotopic (exact) mass is 678 g/mol. The minimum Gasteiger partial charge on any atom is -0.460 e. The fourth-order valence-corrected chi connectivity index (χ4v) is 7.27. The van der Waals surface area contributed by atoms with Crippen LogP contribution >= 0.6 is 0 Å². The number of para-hydroxylation sites is 1. The number of carbonyl (C=O) groups is 2. The minimum absolute atomic E-state index is 0.0838. The summed E-state index contributed by atoms with van der Waals surface area (Å²) < 4.78 is 74.2. The van der Waals surface area contributed by atoms with Gasteiger partial charge in [-0.3, -0.25) is 13.9 Å². The number of fused-ring (bicyclic) bond motifs is 1. The van der Waals surface area contributed by atoms with Gasteiger partial charge in [-0.1, -0.05) is 66.7 Å². The quantitative estimate of drug-likeness (QED) is 0.180. The molecule has 1 aliphatic rings. The second kappa shape index (κ2) is 13.8. The molecule has 5 rings (SSSR count). The third-order valence-corrected chi connectivity index (χ3v) is 9.77. The second-order valence-electron chi connectivity index (χ2n) is 12.7. The van der Waals surface area contributed by atoms with Crippen LogP contribution in [0.3, 0.4) is 0 Å². The molecule has 1 N–H and O–H groups in total. The molecule has 7 nitrogen and oxygen atoms in total. The zero-order valence-electron chi connectivity index (χ0n) is 26.9. The topological polar surface area (TPSA) is 92.8 Å². The molecule has 4 aromatic carbocycles. The fraction of sp³-hybridized carbons (Fsp3) is 0.297. The molecular formula is C37H37F3N2O5S. The summed E-state index contributed by atoms with van der Waals surface area (Å²) in [5.41, 5.74) is 2.47. The first-order valence-electron chi connectivity index (χ1n) is 15.6. The van der Waals surface area contributed by atoms with Gasteiger partial charge in [-0.25, -0.2) is 8.42 Å². The summed E-state index contributed by atoms with van der Waals surface area (Å²) in [7, 11) is -4.22. The van der Waals surface area contributed by atoms with Crippen molar-refractivity contribution in [2.24, 2.45) is 0 Å². The highest BCUT2D eigenvalue weighted by Gasteiger charge is 2.42. The number of ether oxygens (including phenoxy) is 1. The lowest BCUT2D eigenvalue weighted by atomic mass is 10.0. The van der Waals surface area contributed by atoms with Crippen molar-refractivity contribution in [2.45, 2.75) is 69.2 Å². The largest absolute Gasteiger partial charge is 0.460 e. The smallest absolute Gasteiger partial charge is 0.416 e. The summed E-state index contributed by atoms with van der Waals surface area (Å²) in [6.45, 7) is 5.76. The Hall–Kier alpha value is -4.64. The highest BCUT2D eigenvalue weighted by atomic mass is 32.2. The van der Waals surface area contributed by atoms with Gasteiger partial charge < -0.3 is 10.1 Å². The molecule has 11 heteroatoms. The van der Waals surface area contributed by atoms with Gasteiger partial charge in [0.25, 0.3) is 10.0 Å². The van der Waals surface area contributed by atoms with Crippen molar-refractivity contribution in [3.8, 4) is 11.1 Å². The number of benzene rings is 4. The maximum absolute atomic E-state index is 14.0. The van der Waals surface area contributed by atoms with Crippen molar-refractivity contribution in [3.05, 3.63) is 119 Å². The van der Waals surface area contributed by atoms with E-state index >= 15 is 0 Å². The summed E-state index contributed by atoms with van der Waals surface area (Å²) in [6, 6.07) is 24.1. The zero-order valence-corrected chi connectivity index (χ0v) is 27.7. The normalized spacial score (nSPS) is 14.8. The number of halogens is 3. The van der Waals surface area contributed by atoms with E-state index < -0.39 is 39.3 Å². The molecule has 0 saturated carbocycles.